The van der Waals surface area contributed by atoms with Crippen LogP contribution in [0.2, 0.25) is 0 Å². The number of aliphatic hydroxyl groups excluding tert-OH is 1. The Balaban J connectivity index is 3.81. The topological polar surface area (TPSA) is 20.2 Å². The van der Waals surface area contributed by atoms with Gasteiger partial charge in [-0.15, -0.1) is 0 Å². The highest BCUT2D eigenvalue weighted by Gasteiger charge is 1.92. The summed E-state index contributed by atoms with van der Waals surface area (Å²) in [6, 6.07) is 0. The summed E-state index contributed by atoms with van der Waals surface area (Å²) in [4.78, 5) is 0. The normalized spacial score (nSPS) is 15.0. The van der Waals surface area contributed by atoms with Crippen molar-refractivity contribution in [1.29, 1.82) is 0 Å². The van der Waals surface area contributed by atoms with Crippen LogP contribution < -0.4 is 0 Å². The quantitative estimate of drug-likeness (QED) is 0.596. The van der Waals surface area contributed by atoms with Gasteiger partial charge in [-0.3, -0.25) is 0 Å². The molecule has 1 atom stereocenters. The molecule has 1 nitrogen and oxygen atoms in total. The molecule has 1 N–H and O–H groups in total. The van der Waals surface area contributed by atoms with E-state index in [2.05, 4.69) is 6.58 Å². The van der Waals surface area contributed by atoms with Crippen molar-refractivity contribution in [2.24, 2.45) is 0 Å². The van der Waals surface area contributed by atoms with Gasteiger partial charge in [0.25, 0.3) is 0 Å². The first-order valence-electron chi connectivity index (χ1n) is 3.54. The standard InChI is InChI=1S/C9H16O/c1-7(2)8(3)5-6-9(4)10/h5,9-10H,1,6H2,2-4H3/b8-5-. The summed E-state index contributed by atoms with van der Waals surface area (Å²) < 4.78 is 0. The summed E-state index contributed by atoms with van der Waals surface area (Å²) in [6.45, 7) is 9.53. The van der Waals surface area contributed by atoms with Crippen LogP contribution in [-0.2, 0) is 0 Å². The molecule has 0 aliphatic rings. The summed E-state index contributed by atoms with van der Waals surface area (Å²) in [5.74, 6) is 0. The van der Waals surface area contributed by atoms with Crippen molar-refractivity contribution in [2.75, 3.05) is 0 Å². The van der Waals surface area contributed by atoms with Crippen molar-refractivity contribution >= 4 is 0 Å². The minimum atomic E-state index is -0.241. The first kappa shape index (κ1) is 9.44. The van der Waals surface area contributed by atoms with Crippen molar-refractivity contribution in [1.82, 2.24) is 0 Å². The minimum Gasteiger partial charge on any atom is -0.393 e. The molecule has 0 aliphatic heterocycles. The molecule has 0 saturated heterocycles. The fraction of sp³-hybridized carbons (Fsp3) is 0.556. The molecule has 0 radical (unpaired) electrons. The predicted molar refractivity (Wildman–Crippen MR) is 44.9 cm³/mol. The Hall–Kier alpha value is -0.560. The molecule has 0 aliphatic carbocycles. The molecule has 0 rings (SSSR count). The van der Waals surface area contributed by atoms with Gasteiger partial charge < -0.3 is 5.11 Å². The molecule has 0 fully saturated rings. The lowest BCUT2D eigenvalue weighted by atomic mass is 10.1. The Morgan fingerprint density at radius 3 is 2.40 bits per heavy atom. The van der Waals surface area contributed by atoms with E-state index in [1.54, 1.807) is 6.92 Å². The zero-order chi connectivity index (χ0) is 8.15. The van der Waals surface area contributed by atoms with Crippen LogP contribution in [0.25, 0.3) is 0 Å². The van der Waals surface area contributed by atoms with E-state index in [9.17, 15) is 0 Å². The lowest BCUT2D eigenvalue weighted by Crippen LogP contribution is -1.96. The Kier molecular flexibility index (Phi) is 4.05. The van der Waals surface area contributed by atoms with Crippen LogP contribution in [0.3, 0.4) is 0 Å². The third kappa shape index (κ3) is 4.33. The van der Waals surface area contributed by atoms with Crippen LogP contribution in [0.4, 0.5) is 0 Å². The van der Waals surface area contributed by atoms with Gasteiger partial charge in [0.15, 0.2) is 0 Å². The van der Waals surface area contributed by atoms with Gasteiger partial charge in [-0.25, -0.2) is 0 Å². The van der Waals surface area contributed by atoms with Gasteiger partial charge in [0.1, 0.15) is 0 Å². The molecule has 0 bridgehead atoms. The molecule has 0 heterocycles. The lowest BCUT2D eigenvalue weighted by Gasteiger charge is -2.00. The van der Waals surface area contributed by atoms with E-state index in [0.717, 1.165) is 12.0 Å². The van der Waals surface area contributed by atoms with Crippen LogP contribution in [-0.4, -0.2) is 11.2 Å². The molecular weight excluding hydrogens is 124 g/mol. The average molecular weight is 140 g/mol. The first-order valence-corrected chi connectivity index (χ1v) is 3.54. The van der Waals surface area contributed by atoms with Gasteiger partial charge in [-0.1, -0.05) is 23.8 Å². The highest BCUT2D eigenvalue weighted by molar-refractivity contribution is 5.23. The summed E-state index contributed by atoms with van der Waals surface area (Å²) >= 11 is 0. The van der Waals surface area contributed by atoms with Crippen LogP contribution in [0, 0.1) is 0 Å². The summed E-state index contributed by atoms with van der Waals surface area (Å²) in [6.07, 6.45) is 2.49. The molecule has 0 spiro atoms. The maximum Gasteiger partial charge on any atom is 0.0546 e. The second kappa shape index (κ2) is 4.29. The molecule has 0 amide bonds. The van der Waals surface area contributed by atoms with E-state index in [0.29, 0.717) is 0 Å². The molecule has 1 unspecified atom stereocenters. The van der Waals surface area contributed by atoms with Crippen molar-refractivity contribution in [3.05, 3.63) is 23.8 Å². The van der Waals surface area contributed by atoms with Crippen LogP contribution in [0.1, 0.15) is 27.2 Å². The van der Waals surface area contributed by atoms with Crippen molar-refractivity contribution in [2.45, 2.75) is 33.3 Å². The molecule has 0 aromatic rings. The summed E-state index contributed by atoms with van der Waals surface area (Å²) in [7, 11) is 0. The maximum atomic E-state index is 8.91. The van der Waals surface area contributed by atoms with Gasteiger partial charge in [0, 0.05) is 0 Å². The molecule has 1 heteroatoms. The third-order valence-corrected chi connectivity index (χ3v) is 1.44. The molecule has 58 valence electrons. The second-order valence-electron chi connectivity index (χ2n) is 2.75. The van der Waals surface area contributed by atoms with E-state index in [-0.39, 0.29) is 6.10 Å². The van der Waals surface area contributed by atoms with Crippen molar-refractivity contribution < 1.29 is 5.11 Å². The number of allylic oxidation sites excluding steroid dienone is 2. The third-order valence-electron chi connectivity index (χ3n) is 1.44. The first-order chi connectivity index (χ1) is 4.54. The highest BCUT2D eigenvalue weighted by atomic mass is 16.3. The maximum absolute atomic E-state index is 8.91. The Labute approximate surface area is 63.1 Å². The second-order valence-corrected chi connectivity index (χ2v) is 2.75. The fourth-order valence-corrected chi connectivity index (χ4v) is 0.522. The van der Waals surface area contributed by atoms with Crippen molar-refractivity contribution in [3.8, 4) is 0 Å². The molecule has 0 aromatic carbocycles. The van der Waals surface area contributed by atoms with Gasteiger partial charge in [0.05, 0.1) is 6.10 Å². The zero-order valence-corrected chi connectivity index (χ0v) is 7.02. The smallest absolute Gasteiger partial charge is 0.0546 e. The predicted octanol–water partition coefficient (Wildman–Crippen LogP) is 2.28. The van der Waals surface area contributed by atoms with E-state index in [4.69, 9.17) is 5.11 Å². The largest absolute Gasteiger partial charge is 0.393 e. The van der Waals surface area contributed by atoms with Crippen LogP contribution >= 0.6 is 0 Å². The molecular formula is C9H16O. The summed E-state index contributed by atoms with van der Waals surface area (Å²) in [5.41, 5.74) is 2.24. The van der Waals surface area contributed by atoms with Gasteiger partial charge in [-0.2, -0.15) is 0 Å². The number of rotatable bonds is 3. The molecule has 0 saturated carbocycles. The molecule has 10 heavy (non-hydrogen) atoms. The van der Waals surface area contributed by atoms with Gasteiger partial charge >= 0.3 is 0 Å². The van der Waals surface area contributed by atoms with Crippen molar-refractivity contribution in [3.63, 3.8) is 0 Å². The fourth-order valence-electron chi connectivity index (χ4n) is 0.522. The Morgan fingerprint density at radius 2 is 2.10 bits per heavy atom. The number of hydrogen-bond acceptors (Lipinski definition) is 1. The summed E-state index contributed by atoms with van der Waals surface area (Å²) in [5, 5.41) is 8.91. The van der Waals surface area contributed by atoms with E-state index < -0.39 is 0 Å². The van der Waals surface area contributed by atoms with Crippen LogP contribution in [0.5, 0.6) is 0 Å². The average Bonchev–Trinajstić information content (AvgIpc) is 1.82. The highest BCUT2D eigenvalue weighted by Crippen LogP contribution is 2.06. The zero-order valence-electron chi connectivity index (χ0n) is 7.02. The lowest BCUT2D eigenvalue weighted by molar-refractivity contribution is 0.198. The van der Waals surface area contributed by atoms with Gasteiger partial charge in [-0.05, 0) is 27.2 Å². The molecule has 0 aromatic heterocycles. The SMILES string of the molecule is C=C(C)/C(C)=C\CC(C)O. The Bertz CT molecular complexity index is 143. The van der Waals surface area contributed by atoms with E-state index in [1.165, 1.54) is 5.57 Å². The minimum absolute atomic E-state index is 0.241. The van der Waals surface area contributed by atoms with E-state index in [1.807, 2.05) is 19.9 Å². The number of hydrogen-bond donors (Lipinski definition) is 1. The number of aliphatic hydroxyl groups is 1. The van der Waals surface area contributed by atoms with Crippen LogP contribution in [0.15, 0.2) is 23.8 Å². The van der Waals surface area contributed by atoms with Gasteiger partial charge in [0.2, 0.25) is 0 Å². The van der Waals surface area contributed by atoms with E-state index >= 15 is 0 Å². The Morgan fingerprint density at radius 1 is 1.60 bits per heavy atom. The monoisotopic (exact) mass is 140 g/mol.